The van der Waals surface area contributed by atoms with Gasteiger partial charge in [0.1, 0.15) is 11.7 Å². The second-order valence-corrected chi connectivity index (χ2v) is 8.49. The molecule has 0 amide bonds. The fourth-order valence-corrected chi connectivity index (χ4v) is 5.57. The van der Waals surface area contributed by atoms with E-state index in [1.807, 2.05) is 13.8 Å². The van der Waals surface area contributed by atoms with Gasteiger partial charge < -0.3 is 14.6 Å². The average molecular weight is 322 g/mol. The van der Waals surface area contributed by atoms with Gasteiger partial charge in [-0.15, -0.1) is 0 Å². The number of ether oxygens (including phenoxy) is 2. The van der Waals surface area contributed by atoms with Crippen LogP contribution >= 0.6 is 0 Å². The van der Waals surface area contributed by atoms with Crippen LogP contribution in [0.25, 0.3) is 0 Å². The van der Waals surface area contributed by atoms with E-state index in [2.05, 4.69) is 26.8 Å². The third kappa shape index (κ3) is 1.94. The molecule has 1 N–H and O–H groups in total. The summed E-state index contributed by atoms with van der Waals surface area (Å²) >= 11 is 0. The summed E-state index contributed by atoms with van der Waals surface area (Å²) in [6, 6.07) is 0. The lowest BCUT2D eigenvalue weighted by Gasteiger charge is -2.62. The third-order valence-electron chi connectivity index (χ3n) is 7.18. The van der Waals surface area contributed by atoms with E-state index in [1.165, 1.54) is 12.5 Å². The molecule has 0 aromatic heterocycles. The average Bonchev–Trinajstić information content (AvgIpc) is 2.60. The standard InChI is InChI=1S/C19H30O4/c1-11(2)19(21)16-10-15(22-13(4)20)18(19,6)17(5)8-7-12(3)9-14(17)23-16/h9,11,14-16,21H,7-8,10H2,1-6H3/t14-,15-,16-,17+,18-,19-/m1/s1. The minimum absolute atomic E-state index is 0.0224. The summed E-state index contributed by atoms with van der Waals surface area (Å²) in [5, 5.41) is 11.7. The monoisotopic (exact) mass is 322 g/mol. The highest BCUT2D eigenvalue weighted by molar-refractivity contribution is 5.66. The number of carbonyl (C=O) groups is 1. The van der Waals surface area contributed by atoms with E-state index >= 15 is 0 Å². The van der Waals surface area contributed by atoms with Crippen molar-refractivity contribution in [1.82, 2.24) is 0 Å². The van der Waals surface area contributed by atoms with Gasteiger partial charge in [-0.05, 0) is 25.7 Å². The molecule has 2 fully saturated rings. The van der Waals surface area contributed by atoms with Crippen LogP contribution in [-0.2, 0) is 14.3 Å². The Kier molecular flexibility index (Phi) is 3.73. The molecular weight excluding hydrogens is 292 g/mol. The van der Waals surface area contributed by atoms with E-state index in [0.29, 0.717) is 6.42 Å². The molecule has 0 radical (unpaired) electrons. The normalized spacial score (nSPS) is 48.9. The zero-order valence-electron chi connectivity index (χ0n) is 15.2. The molecule has 23 heavy (non-hydrogen) atoms. The number of esters is 1. The maximum atomic E-state index is 11.7. The second kappa shape index (κ2) is 5.06. The summed E-state index contributed by atoms with van der Waals surface area (Å²) in [6.45, 7) is 12.0. The smallest absolute Gasteiger partial charge is 0.302 e. The molecule has 4 heteroatoms. The summed E-state index contributed by atoms with van der Waals surface area (Å²) < 4.78 is 12.1. The van der Waals surface area contributed by atoms with Gasteiger partial charge in [-0.25, -0.2) is 0 Å². The molecule has 0 aromatic rings. The Morgan fingerprint density at radius 3 is 2.65 bits per heavy atom. The molecule has 0 aromatic carbocycles. The van der Waals surface area contributed by atoms with Crippen LogP contribution in [0.2, 0.25) is 0 Å². The van der Waals surface area contributed by atoms with Crippen LogP contribution in [0.3, 0.4) is 0 Å². The molecule has 6 atom stereocenters. The van der Waals surface area contributed by atoms with Crippen molar-refractivity contribution in [2.45, 2.75) is 84.7 Å². The Bertz CT molecular complexity index is 554. The Morgan fingerprint density at radius 1 is 1.43 bits per heavy atom. The van der Waals surface area contributed by atoms with Crippen LogP contribution in [-0.4, -0.2) is 35.0 Å². The van der Waals surface area contributed by atoms with Crippen LogP contribution in [0, 0.1) is 16.7 Å². The predicted octanol–water partition coefficient (Wildman–Crippen LogP) is 3.23. The van der Waals surface area contributed by atoms with Gasteiger partial charge in [0, 0.05) is 24.2 Å². The fourth-order valence-electron chi connectivity index (χ4n) is 5.57. The van der Waals surface area contributed by atoms with Crippen molar-refractivity contribution >= 4 is 5.97 Å². The molecule has 0 spiro atoms. The third-order valence-corrected chi connectivity index (χ3v) is 7.18. The predicted molar refractivity (Wildman–Crippen MR) is 87.8 cm³/mol. The van der Waals surface area contributed by atoms with Gasteiger partial charge in [-0.2, -0.15) is 0 Å². The molecule has 1 aliphatic heterocycles. The first-order valence-electron chi connectivity index (χ1n) is 8.79. The summed E-state index contributed by atoms with van der Waals surface area (Å²) in [6.07, 6.45) is 4.10. The molecule has 1 saturated carbocycles. The number of allylic oxidation sites excluding steroid dienone is 1. The first-order chi connectivity index (χ1) is 10.6. The van der Waals surface area contributed by atoms with Gasteiger partial charge in [-0.3, -0.25) is 4.79 Å². The number of rotatable bonds is 2. The topological polar surface area (TPSA) is 55.8 Å². The Hall–Kier alpha value is -0.870. The van der Waals surface area contributed by atoms with E-state index in [4.69, 9.17) is 9.47 Å². The zero-order chi connectivity index (χ0) is 17.2. The molecule has 2 bridgehead atoms. The Balaban J connectivity index is 2.15. The number of fused-ring (bicyclic) bond motifs is 4. The van der Waals surface area contributed by atoms with Crippen LogP contribution in [0.15, 0.2) is 11.6 Å². The molecule has 1 heterocycles. The molecular formula is C19H30O4. The summed E-state index contributed by atoms with van der Waals surface area (Å²) in [7, 11) is 0. The molecule has 3 aliphatic rings. The van der Waals surface area contributed by atoms with Crippen molar-refractivity contribution in [2.75, 3.05) is 0 Å². The zero-order valence-corrected chi connectivity index (χ0v) is 15.2. The lowest BCUT2D eigenvalue weighted by molar-refractivity contribution is -0.290. The van der Waals surface area contributed by atoms with Crippen molar-refractivity contribution in [3.63, 3.8) is 0 Å². The van der Waals surface area contributed by atoms with E-state index in [9.17, 15) is 9.90 Å². The van der Waals surface area contributed by atoms with Crippen molar-refractivity contribution in [3.05, 3.63) is 11.6 Å². The van der Waals surface area contributed by atoms with E-state index in [-0.39, 0.29) is 35.6 Å². The molecule has 3 rings (SSSR count). The van der Waals surface area contributed by atoms with Gasteiger partial charge in [0.25, 0.3) is 0 Å². The summed E-state index contributed by atoms with van der Waals surface area (Å²) in [5.74, 6) is -0.250. The first-order valence-corrected chi connectivity index (χ1v) is 8.79. The van der Waals surface area contributed by atoms with E-state index in [1.54, 1.807) is 0 Å². The largest absolute Gasteiger partial charge is 0.462 e. The summed E-state index contributed by atoms with van der Waals surface area (Å²) in [5.41, 5.74) is -0.421. The van der Waals surface area contributed by atoms with Gasteiger partial charge in [0.2, 0.25) is 0 Å². The number of hydrogen-bond donors (Lipinski definition) is 1. The second-order valence-electron chi connectivity index (χ2n) is 8.49. The highest BCUT2D eigenvalue weighted by Gasteiger charge is 2.76. The SMILES string of the molecule is CC(=O)O[C@@H]1C[C@H]2O[C@@H]3C=C(C)CC[C@]3(C)[C@]1(C)[C@@]2(O)C(C)C. The van der Waals surface area contributed by atoms with Crippen molar-refractivity contribution in [3.8, 4) is 0 Å². The highest BCUT2D eigenvalue weighted by atomic mass is 16.6. The van der Waals surface area contributed by atoms with Crippen LogP contribution in [0.4, 0.5) is 0 Å². The van der Waals surface area contributed by atoms with Gasteiger partial charge in [-0.1, -0.05) is 39.3 Å². The number of aliphatic hydroxyl groups is 1. The van der Waals surface area contributed by atoms with Crippen LogP contribution in [0.1, 0.15) is 60.8 Å². The maximum Gasteiger partial charge on any atom is 0.302 e. The molecule has 4 nitrogen and oxygen atoms in total. The lowest BCUT2D eigenvalue weighted by Crippen LogP contribution is -2.70. The van der Waals surface area contributed by atoms with E-state index < -0.39 is 11.0 Å². The van der Waals surface area contributed by atoms with Gasteiger partial charge in [0.05, 0.1) is 12.2 Å². The molecule has 130 valence electrons. The summed E-state index contributed by atoms with van der Waals surface area (Å²) in [4.78, 5) is 11.7. The number of carbonyl (C=O) groups excluding carboxylic acids is 1. The van der Waals surface area contributed by atoms with Crippen LogP contribution < -0.4 is 0 Å². The van der Waals surface area contributed by atoms with E-state index in [0.717, 1.165) is 12.8 Å². The highest BCUT2D eigenvalue weighted by Crippen LogP contribution is 2.68. The van der Waals surface area contributed by atoms with Gasteiger partial charge >= 0.3 is 5.97 Å². The molecule has 0 unspecified atom stereocenters. The Morgan fingerprint density at radius 2 is 2.09 bits per heavy atom. The maximum absolute atomic E-state index is 11.7. The lowest BCUT2D eigenvalue weighted by atomic mass is 9.49. The minimum Gasteiger partial charge on any atom is -0.462 e. The molecule has 2 aliphatic carbocycles. The van der Waals surface area contributed by atoms with Gasteiger partial charge in [0.15, 0.2) is 0 Å². The number of hydrogen-bond acceptors (Lipinski definition) is 4. The fraction of sp³-hybridized carbons (Fsp3) is 0.842. The Labute approximate surface area is 139 Å². The van der Waals surface area contributed by atoms with Crippen molar-refractivity contribution < 1.29 is 19.4 Å². The van der Waals surface area contributed by atoms with Crippen molar-refractivity contribution in [2.24, 2.45) is 16.7 Å². The minimum atomic E-state index is -0.989. The van der Waals surface area contributed by atoms with Crippen molar-refractivity contribution in [1.29, 1.82) is 0 Å². The van der Waals surface area contributed by atoms with Crippen LogP contribution in [0.5, 0.6) is 0 Å². The quantitative estimate of drug-likeness (QED) is 0.626. The molecule has 1 saturated heterocycles. The first kappa shape index (κ1) is 17.0.